The highest BCUT2D eigenvalue weighted by Gasteiger charge is 2.96. The second-order valence-corrected chi connectivity index (χ2v) is 27.1. The average molecular weight is 752 g/mol. The fraction of sp³-hybridized carbons (Fsp3) is 1.00. The molecule has 0 rings (SSSR count). The van der Waals surface area contributed by atoms with Crippen LogP contribution in [0.2, 0.25) is 22.5 Å². The fourth-order valence-corrected chi connectivity index (χ4v) is 37.7. The van der Waals surface area contributed by atoms with Crippen LogP contribution in [-0.2, 0) is 57.9 Å². The van der Waals surface area contributed by atoms with Crippen molar-refractivity contribution in [3.8, 4) is 0 Å². The van der Waals surface area contributed by atoms with Gasteiger partial charge in [0.1, 0.15) is 0 Å². The van der Waals surface area contributed by atoms with E-state index in [1.807, 2.05) is 83.1 Å². The molecule has 46 heavy (non-hydrogen) atoms. The summed E-state index contributed by atoms with van der Waals surface area (Å²) in [6.07, 6.45) is 0. The Balaban J connectivity index is 9.82. The lowest BCUT2D eigenvalue weighted by Gasteiger charge is -2.61. The third-order valence-corrected chi connectivity index (χ3v) is 32.2. The number of rotatable bonds is 30. The Bertz CT molecular complexity index is 661. The van der Waals surface area contributed by atoms with Gasteiger partial charge in [-0.3, -0.25) is 4.80 Å². The summed E-state index contributed by atoms with van der Waals surface area (Å²) in [4.78, 5) is 15.6. The molecular weight excluding hydrogens is 685 g/mol. The standard InChI is InChI=1S/C28H67O13Si5/c1-15-30-43(31-16-2,32-17-3)27(42(13,14)29)28(44(33-18-4,34-19-5)35-20-6,45(36-21-7,37-22-8)38-23-9)46(39-24-10,40-25-11)41-26-12/h27H,15-26H2,1-14H3. The van der Waals surface area contributed by atoms with Gasteiger partial charge in [-0.1, -0.05) is 0 Å². The largest absolute Gasteiger partial charge is 0.516 e. The zero-order valence-corrected chi connectivity index (χ0v) is 36.4. The fourth-order valence-electron chi connectivity index (χ4n) is 6.39. The van der Waals surface area contributed by atoms with Crippen molar-refractivity contribution in [1.82, 2.24) is 0 Å². The molecule has 0 aliphatic rings. The van der Waals surface area contributed by atoms with Crippen molar-refractivity contribution in [3.05, 3.63) is 0 Å². The number of hydrogen-bond acceptors (Lipinski definition) is 12. The molecule has 0 fully saturated rings. The number of hydrogen-bond donors (Lipinski definition) is 0. The Hall–Kier alpha value is 0.564. The molecule has 0 aromatic heterocycles. The maximum Gasteiger partial charge on any atom is 0.516 e. The van der Waals surface area contributed by atoms with E-state index in [1.165, 1.54) is 0 Å². The summed E-state index contributed by atoms with van der Waals surface area (Å²) in [7, 11) is -21.4. The van der Waals surface area contributed by atoms with E-state index in [0.717, 1.165) is 0 Å². The summed E-state index contributed by atoms with van der Waals surface area (Å²) in [5.41, 5.74) is 0. The molecule has 18 heteroatoms. The first kappa shape index (κ1) is 46.6. The van der Waals surface area contributed by atoms with E-state index in [4.69, 9.17) is 53.1 Å². The van der Waals surface area contributed by atoms with Crippen LogP contribution < -0.4 is 0 Å². The third-order valence-electron chi connectivity index (χ3n) is 6.98. The first-order chi connectivity index (χ1) is 21.8. The van der Waals surface area contributed by atoms with Crippen LogP contribution in [0.1, 0.15) is 83.1 Å². The van der Waals surface area contributed by atoms with Gasteiger partial charge < -0.3 is 53.1 Å². The molecule has 1 radical (unpaired) electrons. The first-order valence-corrected chi connectivity index (χ1v) is 27.2. The van der Waals surface area contributed by atoms with Crippen molar-refractivity contribution >= 4 is 43.5 Å². The molecule has 0 aromatic carbocycles. The summed E-state index contributed by atoms with van der Waals surface area (Å²) in [6, 6.07) is 0. The molecule has 1 atom stereocenters. The molecule has 0 aromatic rings. The highest BCUT2D eigenvalue weighted by molar-refractivity contribution is 7.08. The zero-order chi connectivity index (χ0) is 35.5. The molecule has 0 aliphatic carbocycles. The van der Waals surface area contributed by atoms with Gasteiger partial charge in [0, 0.05) is 79.3 Å². The van der Waals surface area contributed by atoms with Gasteiger partial charge in [-0.05, 0) is 96.2 Å². The smallest absolute Gasteiger partial charge is 0.374 e. The lowest BCUT2D eigenvalue weighted by atomic mass is 10.8. The Morgan fingerprint density at radius 2 is 0.543 bits per heavy atom. The molecule has 0 aliphatic heterocycles. The van der Waals surface area contributed by atoms with Crippen LogP contribution in [0.5, 0.6) is 0 Å². The Morgan fingerprint density at radius 3 is 0.674 bits per heavy atom. The van der Waals surface area contributed by atoms with E-state index >= 15 is 4.80 Å². The van der Waals surface area contributed by atoms with Crippen molar-refractivity contribution in [2.75, 3.05) is 79.3 Å². The van der Waals surface area contributed by atoms with Crippen LogP contribution in [-0.4, -0.2) is 123 Å². The Labute approximate surface area is 285 Å². The van der Waals surface area contributed by atoms with E-state index < -0.39 is 53.0 Å². The van der Waals surface area contributed by atoms with Gasteiger partial charge >= 0.3 is 35.2 Å². The second kappa shape index (κ2) is 22.4. The van der Waals surface area contributed by atoms with Crippen LogP contribution in [0.4, 0.5) is 0 Å². The highest BCUT2D eigenvalue weighted by Crippen LogP contribution is 2.68. The van der Waals surface area contributed by atoms with Crippen LogP contribution in [0.25, 0.3) is 0 Å². The molecule has 0 bridgehead atoms. The molecule has 1 unspecified atom stereocenters. The SMILES string of the molecule is CCO[Si](OCC)(OCC)C(C([Si](OCC)(OCC)OCC)([Si](OCC)(OCC)OCC)[Si](OCC)(OCC)OCC)[Si](C)(C)[O]. The van der Waals surface area contributed by atoms with Crippen molar-refractivity contribution in [3.63, 3.8) is 0 Å². The Kier molecular flexibility index (Phi) is 22.7. The van der Waals surface area contributed by atoms with E-state index in [0.29, 0.717) is 0 Å². The lowest BCUT2D eigenvalue weighted by Crippen LogP contribution is -2.87. The van der Waals surface area contributed by atoms with E-state index in [9.17, 15) is 0 Å². The predicted molar refractivity (Wildman–Crippen MR) is 187 cm³/mol. The molecule has 0 saturated heterocycles. The van der Waals surface area contributed by atoms with Gasteiger partial charge in [0.15, 0.2) is 4.28 Å². The van der Waals surface area contributed by atoms with Crippen LogP contribution >= 0.6 is 0 Å². The molecule has 277 valence electrons. The molecular formula is C28H67O13Si5. The van der Waals surface area contributed by atoms with Gasteiger partial charge in [-0.25, -0.2) is 0 Å². The second-order valence-electron chi connectivity index (χ2n) is 10.3. The summed E-state index contributed by atoms with van der Waals surface area (Å²) in [5.74, 6) is 0. The van der Waals surface area contributed by atoms with Crippen LogP contribution in [0, 0.1) is 0 Å². The van der Waals surface area contributed by atoms with Crippen LogP contribution in [0.15, 0.2) is 0 Å². The van der Waals surface area contributed by atoms with Crippen molar-refractivity contribution in [2.24, 2.45) is 0 Å². The van der Waals surface area contributed by atoms with Crippen LogP contribution in [0.3, 0.4) is 0 Å². The van der Waals surface area contributed by atoms with E-state index in [2.05, 4.69) is 0 Å². The van der Waals surface area contributed by atoms with Gasteiger partial charge in [0.05, 0.1) is 5.16 Å². The zero-order valence-electron chi connectivity index (χ0n) is 31.4. The minimum atomic E-state index is -4.44. The molecule has 0 saturated carbocycles. The quantitative estimate of drug-likeness (QED) is 0.0854. The van der Waals surface area contributed by atoms with Crippen molar-refractivity contribution in [2.45, 2.75) is 106 Å². The topological polar surface area (TPSA) is 131 Å². The van der Waals surface area contributed by atoms with Gasteiger partial charge in [-0.2, -0.15) is 0 Å². The highest BCUT2D eigenvalue weighted by atomic mass is 28.5. The summed E-state index contributed by atoms with van der Waals surface area (Å²) in [6.45, 7) is 27.8. The maximum atomic E-state index is 15.6. The van der Waals surface area contributed by atoms with Gasteiger partial charge in [0.25, 0.3) is 0 Å². The maximum absolute atomic E-state index is 15.6. The van der Waals surface area contributed by atoms with Gasteiger partial charge in [0.2, 0.25) is 8.32 Å². The molecule has 13 nitrogen and oxygen atoms in total. The monoisotopic (exact) mass is 751 g/mol. The summed E-state index contributed by atoms with van der Waals surface area (Å²) in [5, 5.41) is -1.17. The lowest BCUT2D eigenvalue weighted by molar-refractivity contribution is -0.0197. The van der Waals surface area contributed by atoms with E-state index in [-0.39, 0.29) is 79.3 Å². The van der Waals surface area contributed by atoms with E-state index in [1.54, 1.807) is 13.1 Å². The minimum absolute atomic E-state index is 0.164. The van der Waals surface area contributed by atoms with Gasteiger partial charge in [-0.15, -0.1) is 0 Å². The third kappa shape index (κ3) is 9.66. The van der Waals surface area contributed by atoms with Crippen molar-refractivity contribution in [1.29, 1.82) is 0 Å². The average Bonchev–Trinajstić information content (AvgIpc) is 2.96. The molecule has 0 N–H and O–H groups in total. The summed E-state index contributed by atoms with van der Waals surface area (Å²) >= 11 is 0. The normalized spacial score (nSPS) is 14.7. The Morgan fingerprint density at radius 1 is 0.370 bits per heavy atom. The molecule has 0 heterocycles. The first-order valence-electron chi connectivity index (χ1n) is 17.2. The summed E-state index contributed by atoms with van der Waals surface area (Å²) < 4.78 is 80.3. The predicted octanol–water partition coefficient (Wildman–Crippen LogP) is 5.54. The minimum Gasteiger partial charge on any atom is -0.374 e. The molecule has 0 spiro atoms. The molecule has 0 amide bonds. The van der Waals surface area contributed by atoms with Crippen molar-refractivity contribution < 1.29 is 57.9 Å².